The predicted octanol–water partition coefficient (Wildman–Crippen LogP) is -3.74. The maximum absolute atomic E-state index is 8.17. The van der Waals surface area contributed by atoms with E-state index in [1.807, 2.05) is 0 Å². The highest BCUT2D eigenvalue weighted by atomic mass is 28.3. The lowest BCUT2D eigenvalue weighted by molar-refractivity contribution is 0.0450. The quantitative estimate of drug-likeness (QED) is 0.407. The van der Waals surface area contributed by atoms with E-state index in [4.69, 9.17) is 19.4 Å². The van der Waals surface area contributed by atoms with E-state index < -0.39 is 16.1 Å². The first-order valence-electron chi connectivity index (χ1n) is 3.10. The van der Waals surface area contributed by atoms with Gasteiger partial charge in [-0.15, -0.1) is 0 Å². The van der Waals surface area contributed by atoms with Crippen molar-refractivity contribution in [3.8, 4) is 0 Å². The van der Waals surface area contributed by atoms with Crippen molar-refractivity contribution in [1.29, 1.82) is 0 Å². The van der Waals surface area contributed by atoms with Gasteiger partial charge in [-0.3, -0.25) is 0 Å². The second kappa shape index (κ2) is 12.9. The molecule has 0 spiro atoms. The summed E-state index contributed by atoms with van der Waals surface area (Å²) in [4.78, 5) is 0. The molecule has 0 amide bonds. The molecule has 0 aliphatic rings. The Labute approximate surface area is 71.6 Å². The van der Waals surface area contributed by atoms with Crippen molar-refractivity contribution >= 4 is 20.5 Å². The third-order valence-corrected chi connectivity index (χ3v) is 1.84. The first-order chi connectivity index (χ1) is 5.22. The van der Waals surface area contributed by atoms with Gasteiger partial charge in [0, 0.05) is 7.11 Å². The van der Waals surface area contributed by atoms with Crippen molar-refractivity contribution in [2.24, 2.45) is 0 Å². The molecule has 0 saturated heterocycles. The molecule has 0 aliphatic carbocycles. The Morgan fingerprint density at radius 3 is 1.91 bits per heavy atom. The number of hydrogen-bond donors (Lipinski definition) is 3. The summed E-state index contributed by atoms with van der Waals surface area (Å²) in [7, 11) is 2.00. The van der Waals surface area contributed by atoms with Gasteiger partial charge in [0.15, 0.2) is 0 Å². The van der Waals surface area contributed by atoms with Crippen LogP contribution in [0.1, 0.15) is 0 Å². The number of aliphatic hydroxyl groups is 3. The second-order valence-corrected chi connectivity index (χ2v) is 4.84. The first kappa shape index (κ1) is 13.8. The highest BCUT2D eigenvalue weighted by molar-refractivity contribution is 6.27. The molecule has 70 valence electrons. The van der Waals surface area contributed by atoms with Gasteiger partial charge in [-0.1, -0.05) is 0 Å². The van der Waals surface area contributed by atoms with Crippen molar-refractivity contribution in [1.82, 2.24) is 0 Å². The van der Waals surface area contributed by atoms with Crippen LogP contribution in [0.4, 0.5) is 0 Å². The molecule has 0 fully saturated rings. The van der Waals surface area contributed by atoms with E-state index in [1.54, 1.807) is 7.11 Å². The zero-order valence-electron chi connectivity index (χ0n) is 6.86. The van der Waals surface area contributed by atoms with Crippen LogP contribution in [0.25, 0.3) is 0 Å². The summed E-state index contributed by atoms with van der Waals surface area (Å²) in [6.45, 7) is -0.729. The molecule has 3 N–H and O–H groups in total. The average molecular weight is 200 g/mol. The molecule has 0 atom stereocenters. The Bertz CT molecular complexity index is 58.4. The fourth-order valence-electron chi connectivity index (χ4n) is 0.176. The van der Waals surface area contributed by atoms with Gasteiger partial charge in [-0.2, -0.15) is 0 Å². The van der Waals surface area contributed by atoms with Gasteiger partial charge in [-0.25, -0.2) is 0 Å². The van der Waals surface area contributed by atoms with Crippen LogP contribution < -0.4 is 0 Å². The van der Waals surface area contributed by atoms with Crippen molar-refractivity contribution in [2.45, 2.75) is 6.10 Å². The van der Waals surface area contributed by atoms with Crippen molar-refractivity contribution in [3.63, 3.8) is 0 Å². The zero-order chi connectivity index (χ0) is 9.11. The van der Waals surface area contributed by atoms with Gasteiger partial charge in [0.2, 0.25) is 0 Å². The molecular weight excluding hydrogens is 184 g/mol. The lowest BCUT2D eigenvalue weighted by Gasteiger charge is -1.96. The molecule has 0 aromatic carbocycles. The summed E-state index contributed by atoms with van der Waals surface area (Å²) in [6, 6.07) is 0. The van der Waals surface area contributed by atoms with Crippen LogP contribution in [0.5, 0.6) is 0 Å². The Balaban J connectivity index is 0. The summed E-state index contributed by atoms with van der Waals surface area (Å²) >= 11 is 0. The van der Waals surface area contributed by atoms with Crippen LogP contribution in [-0.4, -0.2) is 62.2 Å². The molecule has 0 aromatic heterocycles. The van der Waals surface area contributed by atoms with E-state index in [0.717, 1.165) is 10.5 Å². The van der Waals surface area contributed by atoms with E-state index >= 15 is 0 Å². The van der Waals surface area contributed by atoms with Gasteiger partial charge >= 0.3 is 0 Å². The summed E-state index contributed by atoms with van der Waals surface area (Å²) < 4.78 is 9.39. The third kappa shape index (κ3) is 17.9. The molecule has 7 heteroatoms. The van der Waals surface area contributed by atoms with Crippen LogP contribution in [0, 0.1) is 0 Å². The normalized spacial score (nSPS) is 10.6. The minimum Gasteiger partial charge on any atom is -0.449 e. The predicted molar refractivity (Wildman–Crippen MR) is 46.8 cm³/mol. The molecule has 0 saturated carbocycles. The number of rotatable bonds is 4. The van der Waals surface area contributed by atoms with E-state index in [1.165, 1.54) is 0 Å². The monoisotopic (exact) mass is 200 g/mol. The lowest BCUT2D eigenvalue weighted by atomic mass is 10.4. The van der Waals surface area contributed by atoms with E-state index in [0.29, 0.717) is 0 Å². The van der Waals surface area contributed by atoms with Crippen LogP contribution >= 0.6 is 0 Å². The van der Waals surface area contributed by atoms with Crippen LogP contribution in [0.3, 0.4) is 0 Å². The molecule has 0 aromatic rings. The molecule has 0 unspecified atom stereocenters. The van der Waals surface area contributed by atoms with E-state index in [9.17, 15) is 0 Å². The van der Waals surface area contributed by atoms with E-state index in [2.05, 4.69) is 4.43 Å². The average Bonchev–Trinajstić information content (AvgIpc) is 2.06. The Hall–Kier alpha value is 0.234. The van der Waals surface area contributed by atoms with Gasteiger partial charge in [0.25, 0.3) is 10.0 Å². The van der Waals surface area contributed by atoms with Gasteiger partial charge in [0.1, 0.15) is 16.6 Å². The minimum absolute atomic E-state index is 0.365. The van der Waals surface area contributed by atoms with Gasteiger partial charge in [-0.05, 0) is 0 Å². The molecule has 0 radical (unpaired) electrons. The highest BCUT2D eigenvalue weighted by Crippen LogP contribution is 1.71. The van der Waals surface area contributed by atoms with E-state index in [-0.39, 0.29) is 13.2 Å². The first-order valence-corrected chi connectivity index (χ1v) is 5.07. The fourth-order valence-corrected chi connectivity index (χ4v) is 1.12. The topological polar surface area (TPSA) is 79.2 Å². The maximum atomic E-state index is 8.17. The molecule has 0 heterocycles. The zero-order valence-corrected chi connectivity index (χ0v) is 10.3. The van der Waals surface area contributed by atoms with Crippen molar-refractivity contribution in [2.75, 3.05) is 20.3 Å². The summed E-state index contributed by atoms with van der Waals surface area (Å²) in [5.74, 6) is 0. The van der Waals surface area contributed by atoms with Crippen LogP contribution in [0.2, 0.25) is 0 Å². The van der Waals surface area contributed by atoms with Crippen LogP contribution in [0.15, 0.2) is 0 Å². The summed E-state index contributed by atoms with van der Waals surface area (Å²) in [5.41, 5.74) is 0. The third-order valence-electron chi connectivity index (χ3n) is 0.657. The minimum atomic E-state index is -0.954. The Morgan fingerprint density at radius 1 is 1.45 bits per heavy atom. The van der Waals surface area contributed by atoms with Gasteiger partial charge in [0.05, 0.1) is 13.2 Å². The fraction of sp³-hybridized carbons (Fsp3) is 1.00. The second-order valence-electron chi connectivity index (χ2n) is 1.71. The highest BCUT2D eigenvalue weighted by Gasteiger charge is 1.93. The van der Waals surface area contributed by atoms with Gasteiger partial charge < -0.3 is 23.9 Å². The maximum Gasteiger partial charge on any atom is 0.293 e. The summed E-state index contributed by atoms with van der Waals surface area (Å²) in [5, 5.41) is 24.0. The van der Waals surface area contributed by atoms with Crippen LogP contribution in [-0.2, 0) is 8.54 Å². The molecule has 11 heavy (non-hydrogen) atoms. The lowest BCUT2D eigenvalue weighted by Crippen LogP contribution is -2.15. The number of hydrogen-bond acceptors (Lipinski definition) is 5. The SMILES string of the molecule is CO[SiH2]O[SiH3].OCC(O)CO. The molecular formula is C4H16O5Si2. The Morgan fingerprint density at radius 2 is 1.91 bits per heavy atom. The largest absolute Gasteiger partial charge is 0.449 e. The van der Waals surface area contributed by atoms with Crippen molar-refractivity contribution in [3.05, 3.63) is 0 Å². The molecule has 0 bridgehead atoms. The number of aliphatic hydroxyl groups excluding tert-OH is 3. The smallest absolute Gasteiger partial charge is 0.293 e. The molecule has 0 aliphatic heterocycles. The van der Waals surface area contributed by atoms with Crippen molar-refractivity contribution < 1.29 is 23.9 Å². The molecule has 5 nitrogen and oxygen atoms in total. The molecule has 0 rings (SSSR count). The summed E-state index contributed by atoms with van der Waals surface area (Å²) in [6.07, 6.45) is -0.954. The standard InChI is InChI=1S/C3H8O3.CH8O2Si2/c4-1-3(6)2-5;1-2-5-3-4/h3-6H,1-2H2;5H2,1,4H3. The Kier molecular flexibility index (Phi) is 16.1.